The number of unbranched alkanes of at least 4 members (excludes halogenated alkanes) is 1. The lowest BCUT2D eigenvalue weighted by molar-refractivity contribution is -0.117. The van der Waals surface area contributed by atoms with E-state index < -0.39 is 6.03 Å². The van der Waals surface area contributed by atoms with Crippen LogP contribution in [0, 0.1) is 6.92 Å². The fourth-order valence-corrected chi connectivity index (χ4v) is 3.63. The maximum Gasteiger partial charge on any atom is 0.321 e. The second kappa shape index (κ2) is 10.3. The van der Waals surface area contributed by atoms with Crippen molar-refractivity contribution in [1.82, 2.24) is 20.8 Å². The molecule has 0 aliphatic carbocycles. The van der Waals surface area contributed by atoms with Gasteiger partial charge < -0.3 is 10.6 Å². The molecule has 140 valence electrons. The number of imide groups is 1. The topological polar surface area (TPSA) is 96.0 Å². The van der Waals surface area contributed by atoms with Crippen LogP contribution in [0.4, 0.5) is 15.6 Å². The first-order valence-electron chi connectivity index (χ1n) is 8.05. The zero-order valence-electron chi connectivity index (χ0n) is 14.5. The lowest BCUT2D eigenvalue weighted by atomic mass is 10.2. The summed E-state index contributed by atoms with van der Waals surface area (Å²) in [5.41, 5.74) is 1.78. The Morgan fingerprint density at radius 3 is 2.88 bits per heavy atom. The van der Waals surface area contributed by atoms with Gasteiger partial charge in [0.25, 0.3) is 0 Å². The highest BCUT2D eigenvalue weighted by atomic mass is 35.5. The van der Waals surface area contributed by atoms with Crippen LogP contribution in [0.1, 0.15) is 25.3 Å². The number of aromatic nitrogens is 2. The first-order valence-corrected chi connectivity index (χ1v) is 10.2. The van der Waals surface area contributed by atoms with Gasteiger partial charge in [0.15, 0.2) is 4.34 Å². The Labute approximate surface area is 165 Å². The summed E-state index contributed by atoms with van der Waals surface area (Å²) in [6.07, 6.45) is 1.86. The number of halogens is 1. The van der Waals surface area contributed by atoms with E-state index in [-0.39, 0.29) is 11.7 Å². The summed E-state index contributed by atoms with van der Waals surface area (Å²) < 4.78 is 0.633. The summed E-state index contributed by atoms with van der Waals surface area (Å²) in [5.74, 6) is -0.286. The van der Waals surface area contributed by atoms with Crippen LogP contribution in [0.25, 0.3) is 0 Å². The van der Waals surface area contributed by atoms with Crippen LogP contribution in [-0.4, -0.2) is 34.4 Å². The lowest BCUT2D eigenvalue weighted by Crippen LogP contribution is -2.40. The Bertz CT molecular complexity index is 769. The van der Waals surface area contributed by atoms with E-state index in [0.717, 1.165) is 24.1 Å². The molecular formula is C16H20ClN5O2S2. The van der Waals surface area contributed by atoms with Gasteiger partial charge in [0.2, 0.25) is 11.0 Å². The molecule has 0 radical (unpaired) electrons. The Hall–Kier alpha value is -1.84. The molecule has 0 aliphatic rings. The molecule has 0 saturated heterocycles. The van der Waals surface area contributed by atoms with Crippen LogP contribution in [0.3, 0.4) is 0 Å². The largest absolute Gasteiger partial charge is 0.338 e. The number of nitrogens with zero attached hydrogens (tertiary/aromatic N) is 2. The number of amides is 3. The molecule has 26 heavy (non-hydrogen) atoms. The van der Waals surface area contributed by atoms with E-state index in [0.29, 0.717) is 21.0 Å². The van der Waals surface area contributed by atoms with Gasteiger partial charge in [-0.25, -0.2) is 4.79 Å². The highest BCUT2D eigenvalue weighted by Crippen LogP contribution is 2.30. The van der Waals surface area contributed by atoms with Gasteiger partial charge in [0.05, 0.1) is 5.75 Å². The van der Waals surface area contributed by atoms with Crippen LogP contribution >= 0.6 is 34.7 Å². The number of rotatable bonds is 8. The maximum atomic E-state index is 11.8. The van der Waals surface area contributed by atoms with Gasteiger partial charge in [-0.3, -0.25) is 10.1 Å². The summed E-state index contributed by atoms with van der Waals surface area (Å²) in [6, 6.07) is 5.10. The fraction of sp³-hybridized carbons (Fsp3) is 0.375. The van der Waals surface area contributed by atoms with Crippen LogP contribution in [-0.2, 0) is 4.79 Å². The van der Waals surface area contributed by atoms with Crippen molar-refractivity contribution >= 4 is 57.5 Å². The normalized spacial score (nSPS) is 10.4. The van der Waals surface area contributed by atoms with Gasteiger partial charge >= 0.3 is 6.03 Å². The Kier molecular flexibility index (Phi) is 8.14. The smallest absolute Gasteiger partial charge is 0.321 e. The third-order valence-electron chi connectivity index (χ3n) is 3.31. The number of benzene rings is 1. The molecule has 7 nitrogen and oxygen atoms in total. The second-order valence-electron chi connectivity index (χ2n) is 5.36. The van der Waals surface area contributed by atoms with Crippen molar-refractivity contribution in [2.75, 3.05) is 17.6 Å². The predicted molar refractivity (Wildman–Crippen MR) is 107 cm³/mol. The van der Waals surface area contributed by atoms with Gasteiger partial charge in [0, 0.05) is 17.3 Å². The van der Waals surface area contributed by atoms with Gasteiger partial charge in [0.1, 0.15) is 0 Å². The Balaban J connectivity index is 1.80. The van der Waals surface area contributed by atoms with Gasteiger partial charge in [-0.2, -0.15) is 0 Å². The highest BCUT2D eigenvalue weighted by Gasteiger charge is 2.11. The molecule has 0 bridgehead atoms. The molecule has 0 unspecified atom stereocenters. The van der Waals surface area contributed by atoms with Crippen LogP contribution < -0.4 is 16.0 Å². The third-order valence-corrected chi connectivity index (χ3v) is 5.69. The standard InChI is InChI=1S/C16H20ClN5O2S2/c1-3-4-8-18-14(24)20-13(23)9-25-16-22-21-15(26-16)19-12-7-5-6-11(17)10(12)2/h5-7H,3-4,8-9H2,1-2H3,(H,19,21)(H2,18,20,23,24). The molecule has 2 aromatic rings. The molecule has 1 aromatic heterocycles. The van der Waals surface area contributed by atoms with E-state index in [1.54, 1.807) is 0 Å². The highest BCUT2D eigenvalue weighted by molar-refractivity contribution is 8.01. The number of hydrogen-bond acceptors (Lipinski definition) is 7. The van der Waals surface area contributed by atoms with Crippen LogP contribution in [0.15, 0.2) is 22.5 Å². The third kappa shape index (κ3) is 6.47. The number of urea groups is 1. The van der Waals surface area contributed by atoms with E-state index in [4.69, 9.17) is 11.6 Å². The first kappa shape index (κ1) is 20.5. The average Bonchev–Trinajstić information content (AvgIpc) is 3.05. The van der Waals surface area contributed by atoms with E-state index in [1.165, 1.54) is 23.1 Å². The average molecular weight is 414 g/mol. The van der Waals surface area contributed by atoms with Crippen molar-refractivity contribution in [3.8, 4) is 0 Å². The molecule has 0 atom stereocenters. The molecule has 10 heteroatoms. The molecule has 0 saturated carbocycles. The Morgan fingerprint density at radius 1 is 1.31 bits per heavy atom. The summed E-state index contributed by atoms with van der Waals surface area (Å²) in [4.78, 5) is 23.3. The molecule has 3 amide bonds. The molecule has 1 heterocycles. The minimum Gasteiger partial charge on any atom is -0.338 e. The number of thioether (sulfide) groups is 1. The number of hydrogen-bond donors (Lipinski definition) is 3. The molecule has 0 spiro atoms. The molecular weight excluding hydrogens is 394 g/mol. The van der Waals surface area contributed by atoms with Crippen molar-refractivity contribution in [3.63, 3.8) is 0 Å². The van der Waals surface area contributed by atoms with E-state index in [9.17, 15) is 9.59 Å². The van der Waals surface area contributed by atoms with Gasteiger partial charge in [-0.05, 0) is 31.0 Å². The minimum atomic E-state index is -0.472. The number of carbonyl (C=O) groups is 2. The fourth-order valence-electron chi connectivity index (χ4n) is 1.89. The molecule has 1 aromatic carbocycles. The molecule has 2 rings (SSSR count). The van der Waals surface area contributed by atoms with E-state index >= 15 is 0 Å². The summed E-state index contributed by atoms with van der Waals surface area (Å²) in [6.45, 7) is 4.49. The molecule has 0 fully saturated rings. The summed E-state index contributed by atoms with van der Waals surface area (Å²) in [5, 5.41) is 17.4. The van der Waals surface area contributed by atoms with Crippen molar-refractivity contribution in [3.05, 3.63) is 28.8 Å². The minimum absolute atomic E-state index is 0.0893. The number of nitrogens with one attached hydrogen (secondary N) is 3. The zero-order valence-corrected chi connectivity index (χ0v) is 16.9. The first-order chi connectivity index (χ1) is 12.5. The van der Waals surface area contributed by atoms with Gasteiger partial charge in [-0.1, -0.05) is 54.1 Å². The van der Waals surface area contributed by atoms with Crippen molar-refractivity contribution in [2.45, 2.75) is 31.0 Å². The van der Waals surface area contributed by atoms with Gasteiger partial charge in [-0.15, -0.1) is 10.2 Å². The number of carbonyl (C=O) groups excluding carboxylic acids is 2. The van der Waals surface area contributed by atoms with Crippen molar-refractivity contribution in [1.29, 1.82) is 0 Å². The van der Waals surface area contributed by atoms with E-state index in [1.807, 2.05) is 32.0 Å². The van der Waals surface area contributed by atoms with Crippen molar-refractivity contribution in [2.24, 2.45) is 0 Å². The lowest BCUT2D eigenvalue weighted by Gasteiger charge is -2.07. The quantitative estimate of drug-likeness (QED) is 0.447. The maximum absolute atomic E-state index is 11.8. The Morgan fingerprint density at radius 2 is 2.12 bits per heavy atom. The predicted octanol–water partition coefficient (Wildman–Crippen LogP) is 3.96. The molecule has 0 aliphatic heterocycles. The van der Waals surface area contributed by atoms with Crippen LogP contribution in [0.5, 0.6) is 0 Å². The molecule has 3 N–H and O–H groups in total. The summed E-state index contributed by atoms with van der Waals surface area (Å²) >= 11 is 8.65. The van der Waals surface area contributed by atoms with Crippen molar-refractivity contribution < 1.29 is 9.59 Å². The van der Waals surface area contributed by atoms with E-state index in [2.05, 4.69) is 26.1 Å². The van der Waals surface area contributed by atoms with Crippen LogP contribution in [0.2, 0.25) is 5.02 Å². The summed E-state index contributed by atoms with van der Waals surface area (Å²) in [7, 11) is 0. The monoisotopic (exact) mass is 413 g/mol. The zero-order chi connectivity index (χ0) is 18.9. The number of anilines is 2. The second-order valence-corrected chi connectivity index (χ2v) is 7.96. The SMILES string of the molecule is CCCCNC(=O)NC(=O)CSc1nnc(Nc2cccc(Cl)c2C)s1.